The minimum Gasteiger partial charge on any atom is -0.464 e. The van der Waals surface area contributed by atoms with Gasteiger partial charge in [-0.25, -0.2) is 0 Å². The molecule has 0 radical (unpaired) electrons. The van der Waals surface area contributed by atoms with Gasteiger partial charge in [-0.05, 0) is 23.8 Å². The first-order chi connectivity index (χ1) is 18.8. The van der Waals surface area contributed by atoms with Gasteiger partial charge < -0.3 is 30.1 Å². The molecule has 0 aromatic heterocycles. The Morgan fingerprint density at radius 3 is 2.17 bits per heavy atom. The number of azide groups is 1. The van der Waals surface area contributed by atoms with Crippen LogP contribution in [0.25, 0.3) is 10.4 Å². The smallest absolute Gasteiger partial charge is 0.305 e. The van der Waals surface area contributed by atoms with E-state index in [1.807, 2.05) is 20.8 Å². The summed E-state index contributed by atoms with van der Waals surface area (Å²) < 4.78 is 10.2. The number of aliphatic hydroxyl groups excluding tert-OH is 3. The molecule has 1 amide bonds. The number of nitrogens with zero attached hydrogens (tertiary/aromatic N) is 3. The number of hydrogen-bond donors (Lipinski definition) is 4. The van der Waals surface area contributed by atoms with Gasteiger partial charge in [0.25, 0.3) is 0 Å². The molecule has 12 nitrogen and oxygen atoms in total. The molecule has 0 aliphatic rings. The predicted molar refractivity (Wildman–Crippen MR) is 151 cm³/mol. The summed E-state index contributed by atoms with van der Waals surface area (Å²) >= 11 is 0. The number of rotatable bonds is 22. The summed E-state index contributed by atoms with van der Waals surface area (Å²) in [7, 11) is 1.20. The second-order valence-corrected chi connectivity index (χ2v) is 11.1. The van der Waals surface area contributed by atoms with E-state index in [9.17, 15) is 29.7 Å². The van der Waals surface area contributed by atoms with E-state index in [1.54, 1.807) is 6.08 Å². The molecular formula is C28H50N4O8. The number of ketones is 1. The van der Waals surface area contributed by atoms with Gasteiger partial charge in [0.05, 0.1) is 6.54 Å². The molecule has 0 fully saturated rings. The van der Waals surface area contributed by atoms with E-state index in [0.717, 1.165) is 44.9 Å². The average molecular weight is 571 g/mol. The molecule has 4 N–H and O–H groups in total. The quantitative estimate of drug-likeness (QED) is 0.0380. The molecule has 0 bridgehead atoms. The molecule has 0 aliphatic heterocycles. The monoisotopic (exact) mass is 570 g/mol. The second kappa shape index (κ2) is 21.3. The number of carbonyl (C=O) groups excluding carboxylic acids is 3. The molecule has 0 heterocycles. The first-order valence-corrected chi connectivity index (χ1v) is 14.1. The summed E-state index contributed by atoms with van der Waals surface area (Å²) in [4.78, 5) is 39.6. The van der Waals surface area contributed by atoms with Gasteiger partial charge >= 0.3 is 5.97 Å². The average Bonchev–Trinajstić information content (AvgIpc) is 2.89. The fourth-order valence-electron chi connectivity index (χ4n) is 3.82. The molecule has 12 heteroatoms. The van der Waals surface area contributed by atoms with Crippen molar-refractivity contribution < 1.29 is 39.2 Å². The zero-order chi connectivity index (χ0) is 30.6. The first-order valence-electron chi connectivity index (χ1n) is 14.1. The molecule has 230 valence electrons. The SMILES string of the molecule is CO[C@@H](C(=O)C[C@@H](C)C(=O)NCCOC(=O)CCCCCCCCCN=[N+]=[N-])[C@H](O)[C@@H](O)[C@H](O)/C=C/C(C)(C)C. The Balaban J connectivity index is 4.26. The van der Waals surface area contributed by atoms with Gasteiger partial charge in [0.15, 0.2) is 5.78 Å². The van der Waals surface area contributed by atoms with Gasteiger partial charge in [-0.3, -0.25) is 14.4 Å². The number of aliphatic hydroxyl groups is 3. The number of Topliss-reactive ketones (excluding diaryl/α,β-unsaturated/α-hetero) is 1. The van der Waals surface area contributed by atoms with Crippen LogP contribution in [-0.4, -0.2) is 84.2 Å². The van der Waals surface area contributed by atoms with Crippen LogP contribution in [0.2, 0.25) is 0 Å². The second-order valence-electron chi connectivity index (χ2n) is 11.1. The summed E-state index contributed by atoms with van der Waals surface area (Å²) in [5, 5.41) is 37.0. The lowest BCUT2D eigenvalue weighted by atomic mass is 9.92. The molecule has 0 saturated carbocycles. The third kappa shape index (κ3) is 18.0. The van der Waals surface area contributed by atoms with Gasteiger partial charge in [0, 0.05) is 37.3 Å². The summed E-state index contributed by atoms with van der Waals surface area (Å²) in [6, 6.07) is 0. The lowest BCUT2D eigenvalue weighted by Crippen LogP contribution is -2.48. The highest BCUT2D eigenvalue weighted by Crippen LogP contribution is 2.18. The maximum atomic E-state index is 12.7. The summed E-state index contributed by atoms with van der Waals surface area (Å²) in [5.41, 5.74) is 7.96. The molecule has 0 aromatic rings. The molecule has 0 saturated heterocycles. The fourth-order valence-corrected chi connectivity index (χ4v) is 3.82. The van der Waals surface area contributed by atoms with Crippen LogP contribution in [0.5, 0.6) is 0 Å². The first kappa shape index (κ1) is 37.5. The third-order valence-electron chi connectivity index (χ3n) is 6.20. The van der Waals surface area contributed by atoms with Crippen LogP contribution in [0.1, 0.15) is 85.5 Å². The molecule has 5 atom stereocenters. The number of unbranched alkanes of at least 4 members (excludes halogenated alkanes) is 6. The Hall–Kier alpha value is -2.50. The van der Waals surface area contributed by atoms with Gasteiger partial charge in [0.2, 0.25) is 5.91 Å². The largest absolute Gasteiger partial charge is 0.464 e. The van der Waals surface area contributed by atoms with Crippen LogP contribution < -0.4 is 5.32 Å². The molecule has 40 heavy (non-hydrogen) atoms. The Morgan fingerprint density at radius 1 is 1.00 bits per heavy atom. The zero-order valence-corrected chi connectivity index (χ0v) is 24.8. The number of nitrogens with one attached hydrogen (secondary N) is 1. The van der Waals surface area contributed by atoms with Crippen molar-refractivity contribution in [3.8, 4) is 0 Å². The summed E-state index contributed by atoms with van der Waals surface area (Å²) in [5.74, 6) is -2.11. The molecule has 0 rings (SSSR count). The lowest BCUT2D eigenvalue weighted by Gasteiger charge is -2.27. The van der Waals surface area contributed by atoms with Crippen LogP contribution in [0.15, 0.2) is 17.3 Å². The van der Waals surface area contributed by atoms with Gasteiger partial charge in [-0.1, -0.05) is 77.1 Å². The topological polar surface area (TPSA) is 191 Å². The normalized spacial score (nSPS) is 15.5. The molecule has 0 aromatic carbocycles. The van der Waals surface area contributed by atoms with Crippen molar-refractivity contribution in [1.29, 1.82) is 0 Å². The van der Waals surface area contributed by atoms with E-state index in [2.05, 4.69) is 15.3 Å². The maximum Gasteiger partial charge on any atom is 0.305 e. The van der Waals surface area contributed by atoms with E-state index in [1.165, 1.54) is 20.1 Å². The zero-order valence-electron chi connectivity index (χ0n) is 24.8. The van der Waals surface area contributed by atoms with Crippen molar-refractivity contribution >= 4 is 17.7 Å². The Kier molecular flexibility index (Phi) is 19.9. The van der Waals surface area contributed by atoms with E-state index in [0.29, 0.717) is 13.0 Å². The molecule has 0 aliphatic carbocycles. The Morgan fingerprint density at radius 2 is 1.60 bits per heavy atom. The van der Waals surface area contributed by atoms with Crippen LogP contribution in [0.4, 0.5) is 0 Å². The van der Waals surface area contributed by atoms with E-state index in [-0.39, 0.29) is 31.0 Å². The van der Waals surface area contributed by atoms with Crippen LogP contribution >= 0.6 is 0 Å². The summed E-state index contributed by atoms with van der Waals surface area (Å²) in [6.45, 7) is 7.90. The fraction of sp³-hybridized carbons (Fsp3) is 0.821. The number of esters is 1. The standard InChI is InChI=1S/C28H50N4O8/c1-20(19-22(34)26(39-5)25(37)24(36)21(33)14-15-28(2,3)4)27(38)30-17-18-40-23(35)13-11-9-7-6-8-10-12-16-31-32-29/h14-15,20-21,24-26,33,36-37H,6-13,16-19H2,1-5H3,(H,30,38)/b15-14+/t20-,21-,24+,25-,26+/m1/s1. The van der Waals surface area contributed by atoms with Crippen molar-refractivity contribution in [2.75, 3.05) is 26.8 Å². The minimum atomic E-state index is -1.69. The van der Waals surface area contributed by atoms with Gasteiger partial charge in [0.1, 0.15) is 31.0 Å². The lowest BCUT2D eigenvalue weighted by molar-refractivity contribution is -0.149. The highest BCUT2D eigenvalue weighted by atomic mass is 16.5. The number of carbonyl (C=O) groups is 3. The van der Waals surface area contributed by atoms with Crippen molar-refractivity contribution in [3.05, 3.63) is 22.6 Å². The highest BCUT2D eigenvalue weighted by Gasteiger charge is 2.36. The number of amides is 1. The number of hydrogen-bond acceptors (Lipinski definition) is 9. The van der Waals surface area contributed by atoms with Crippen LogP contribution in [0.3, 0.4) is 0 Å². The van der Waals surface area contributed by atoms with Gasteiger partial charge in [-0.2, -0.15) is 0 Å². The predicted octanol–water partition coefficient (Wildman–Crippen LogP) is 3.37. The van der Waals surface area contributed by atoms with Crippen LogP contribution in [-0.2, 0) is 23.9 Å². The Labute approximate surface area is 238 Å². The van der Waals surface area contributed by atoms with E-state index >= 15 is 0 Å². The minimum absolute atomic E-state index is 0.0159. The third-order valence-corrected chi connectivity index (χ3v) is 6.20. The van der Waals surface area contributed by atoms with Crippen LogP contribution in [0, 0.1) is 11.3 Å². The molecular weight excluding hydrogens is 520 g/mol. The van der Waals surface area contributed by atoms with Crippen molar-refractivity contribution in [2.24, 2.45) is 16.4 Å². The maximum absolute atomic E-state index is 12.7. The van der Waals surface area contributed by atoms with Crippen molar-refractivity contribution in [3.63, 3.8) is 0 Å². The highest BCUT2D eigenvalue weighted by molar-refractivity contribution is 5.89. The molecule has 0 unspecified atom stereocenters. The van der Waals surface area contributed by atoms with Gasteiger partial charge in [-0.15, -0.1) is 0 Å². The molecule has 0 spiro atoms. The summed E-state index contributed by atoms with van der Waals surface area (Å²) in [6.07, 6.45) is 3.65. The Bertz CT molecular complexity index is 824. The van der Waals surface area contributed by atoms with Crippen molar-refractivity contribution in [1.82, 2.24) is 5.32 Å². The number of ether oxygens (including phenoxy) is 2. The van der Waals surface area contributed by atoms with E-state index in [4.69, 9.17) is 15.0 Å². The number of methoxy groups -OCH3 is 1. The van der Waals surface area contributed by atoms with E-state index < -0.39 is 42.0 Å². The number of allylic oxidation sites excluding steroid dienone is 1. The van der Waals surface area contributed by atoms with Crippen molar-refractivity contribution in [2.45, 2.75) is 110 Å².